The number of nitrogens with zero attached hydrogens (tertiary/aromatic N) is 3. The number of piperidine rings is 1. The van der Waals surface area contributed by atoms with Crippen molar-refractivity contribution in [2.24, 2.45) is 0 Å². The lowest BCUT2D eigenvalue weighted by Crippen LogP contribution is -2.34. The molecule has 0 atom stereocenters. The molecule has 146 valence electrons. The Bertz CT molecular complexity index is 894. The van der Waals surface area contributed by atoms with Crippen LogP contribution in [0.3, 0.4) is 0 Å². The normalized spacial score (nSPS) is 20.4. The molecule has 1 N–H and O–H groups in total. The zero-order valence-corrected chi connectivity index (χ0v) is 16.5. The Hall–Kier alpha value is -1.70. The van der Waals surface area contributed by atoms with Crippen LogP contribution in [0.15, 0.2) is 30.3 Å². The number of pyridine rings is 1. The molecule has 0 radical (unpaired) electrons. The van der Waals surface area contributed by atoms with Crippen LogP contribution in [0.25, 0.3) is 10.9 Å². The Labute approximate surface area is 161 Å². The molecule has 0 unspecified atom stereocenters. The number of hydrogen-bond acceptors (Lipinski definition) is 5. The third kappa shape index (κ3) is 4.25. The van der Waals surface area contributed by atoms with E-state index in [9.17, 15) is 8.42 Å². The number of rotatable bonds is 6. The van der Waals surface area contributed by atoms with Gasteiger partial charge in [0, 0.05) is 50.2 Å². The summed E-state index contributed by atoms with van der Waals surface area (Å²) in [7, 11) is -3.01. The van der Waals surface area contributed by atoms with E-state index in [0.717, 1.165) is 36.2 Å². The second-order valence-corrected chi connectivity index (χ2v) is 9.55. The number of aromatic nitrogens is 1. The van der Waals surface area contributed by atoms with Gasteiger partial charge in [-0.2, -0.15) is 0 Å². The number of fused-ring (bicyclic) bond motifs is 1. The van der Waals surface area contributed by atoms with E-state index < -0.39 is 10.0 Å². The molecular weight excluding hydrogens is 360 g/mol. The largest absolute Gasteiger partial charge is 0.356 e. The molecule has 2 aliphatic rings. The molecule has 2 aromatic rings. The minimum Gasteiger partial charge on any atom is -0.356 e. The first kappa shape index (κ1) is 18.7. The van der Waals surface area contributed by atoms with Crippen molar-refractivity contribution in [2.75, 3.05) is 43.4 Å². The van der Waals surface area contributed by atoms with E-state index in [2.05, 4.69) is 28.4 Å². The number of benzene rings is 1. The van der Waals surface area contributed by atoms with Gasteiger partial charge in [-0.3, -0.25) is 0 Å². The predicted octanol–water partition coefficient (Wildman–Crippen LogP) is 2.35. The molecule has 2 aliphatic heterocycles. The number of sulfonamides is 1. The van der Waals surface area contributed by atoms with Crippen LogP contribution in [-0.4, -0.2) is 56.2 Å². The Balaban J connectivity index is 1.47. The minimum atomic E-state index is -3.01. The standard InChI is InChI=1S/C20H28N4O2S/c25-27(26)14-6-12-24(27)13-9-21-16-18-15-17-7-2-3-8-19(17)22-20(18)23-10-4-1-5-11-23/h2-3,7-8,15,21H,1,4-6,9-14,16H2. The van der Waals surface area contributed by atoms with Gasteiger partial charge in [-0.05, 0) is 37.8 Å². The molecule has 1 aromatic heterocycles. The monoisotopic (exact) mass is 388 g/mol. The van der Waals surface area contributed by atoms with Gasteiger partial charge in [0.25, 0.3) is 0 Å². The van der Waals surface area contributed by atoms with Crippen molar-refractivity contribution in [3.63, 3.8) is 0 Å². The van der Waals surface area contributed by atoms with Crippen LogP contribution in [-0.2, 0) is 16.6 Å². The maximum atomic E-state index is 11.9. The van der Waals surface area contributed by atoms with Crippen molar-refractivity contribution in [2.45, 2.75) is 32.2 Å². The molecular formula is C20H28N4O2S. The summed E-state index contributed by atoms with van der Waals surface area (Å²) in [6.45, 7) is 4.68. The molecule has 4 rings (SSSR count). The minimum absolute atomic E-state index is 0.292. The summed E-state index contributed by atoms with van der Waals surface area (Å²) in [6, 6.07) is 10.5. The summed E-state index contributed by atoms with van der Waals surface area (Å²) in [5.41, 5.74) is 2.23. The van der Waals surface area contributed by atoms with Gasteiger partial charge in [-0.25, -0.2) is 17.7 Å². The number of anilines is 1. The van der Waals surface area contributed by atoms with E-state index in [-0.39, 0.29) is 0 Å². The van der Waals surface area contributed by atoms with Gasteiger partial charge in [-0.1, -0.05) is 18.2 Å². The van der Waals surface area contributed by atoms with Crippen LogP contribution >= 0.6 is 0 Å². The average molecular weight is 389 g/mol. The van der Waals surface area contributed by atoms with Crippen LogP contribution in [0.2, 0.25) is 0 Å². The second-order valence-electron chi connectivity index (χ2n) is 7.46. The lowest BCUT2D eigenvalue weighted by atomic mass is 10.1. The lowest BCUT2D eigenvalue weighted by molar-refractivity contribution is 0.433. The third-order valence-electron chi connectivity index (χ3n) is 5.49. The topological polar surface area (TPSA) is 65.5 Å². The van der Waals surface area contributed by atoms with Gasteiger partial charge in [-0.15, -0.1) is 0 Å². The van der Waals surface area contributed by atoms with Crippen molar-refractivity contribution >= 4 is 26.7 Å². The van der Waals surface area contributed by atoms with E-state index in [0.29, 0.717) is 31.9 Å². The van der Waals surface area contributed by atoms with E-state index >= 15 is 0 Å². The van der Waals surface area contributed by atoms with Crippen LogP contribution in [0.1, 0.15) is 31.2 Å². The van der Waals surface area contributed by atoms with E-state index in [1.807, 2.05) is 12.1 Å². The summed E-state index contributed by atoms with van der Waals surface area (Å²) in [5.74, 6) is 1.37. The zero-order valence-electron chi connectivity index (χ0n) is 15.7. The zero-order chi connectivity index (χ0) is 18.7. The molecule has 27 heavy (non-hydrogen) atoms. The molecule has 0 saturated carbocycles. The number of hydrogen-bond donors (Lipinski definition) is 1. The van der Waals surface area contributed by atoms with Crippen molar-refractivity contribution < 1.29 is 8.42 Å². The molecule has 7 heteroatoms. The maximum absolute atomic E-state index is 11.9. The van der Waals surface area contributed by atoms with E-state index in [1.54, 1.807) is 4.31 Å². The van der Waals surface area contributed by atoms with Gasteiger partial charge in [0.05, 0.1) is 11.3 Å². The molecule has 2 saturated heterocycles. The number of para-hydroxylation sites is 1. The molecule has 6 nitrogen and oxygen atoms in total. The fourth-order valence-corrected chi connectivity index (χ4v) is 5.56. The summed E-state index contributed by atoms with van der Waals surface area (Å²) < 4.78 is 25.4. The first-order valence-electron chi connectivity index (χ1n) is 9.96. The Kier molecular flexibility index (Phi) is 5.61. The second kappa shape index (κ2) is 8.12. The molecule has 0 aliphatic carbocycles. The van der Waals surface area contributed by atoms with Gasteiger partial charge in [0.15, 0.2) is 0 Å². The van der Waals surface area contributed by atoms with Crippen molar-refractivity contribution in [1.82, 2.24) is 14.6 Å². The van der Waals surface area contributed by atoms with Gasteiger partial charge >= 0.3 is 0 Å². The first-order valence-corrected chi connectivity index (χ1v) is 11.6. The summed E-state index contributed by atoms with van der Waals surface area (Å²) in [4.78, 5) is 7.36. The summed E-state index contributed by atoms with van der Waals surface area (Å²) in [5, 5.41) is 4.59. The maximum Gasteiger partial charge on any atom is 0.214 e. The lowest BCUT2D eigenvalue weighted by Gasteiger charge is -2.30. The Morgan fingerprint density at radius 3 is 2.63 bits per heavy atom. The first-order chi connectivity index (χ1) is 13.1. The van der Waals surface area contributed by atoms with Gasteiger partial charge < -0.3 is 10.2 Å². The predicted molar refractivity (Wildman–Crippen MR) is 109 cm³/mol. The third-order valence-corrected chi connectivity index (χ3v) is 7.45. The molecule has 0 amide bonds. The smallest absolute Gasteiger partial charge is 0.214 e. The SMILES string of the molecule is O=S1(=O)CCCN1CCNCc1cc2ccccc2nc1N1CCCCC1. The van der Waals surface area contributed by atoms with Crippen molar-refractivity contribution in [3.05, 3.63) is 35.9 Å². The molecule has 0 bridgehead atoms. The molecule has 2 fully saturated rings. The average Bonchev–Trinajstić information content (AvgIpc) is 3.03. The van der Waals surface area contributed by atoms with Gasteiger partial charge in [0.1, 0.15) is 5.82 Å². The highest BCUT2D eigenvalue weighted by Gasteiger charge is 2.27. The highest BCUT2D eigenvalue weighted by atomic mass is 32.2. The highest BCUT2D eigenvalue weighted by Crippen LogP contribution is 2.26. The Morgan fingerprint density at radius 2 is 1.85 bits per heavy atom. The quantitative estimate of drug-likeness (QED) is 0.770. The highest BCUT2D eigenvalue weighted by molar-refractivity contribution is 7.89. The fraction of sp³-hybridized carbons (Fsp3) is 0.550. The summed E-state index contributed by atoms with van der Waals surface area (Å²) >= 11 is 0. The van der Waals surface area contributed by atoms with Crippen molar-refractivity contribution in [1.29, 1.82) is 0 Å². The fourth-order valence-electron chi connectivity index (χ4n) is 4.03. The molecule has 0 spiro atoms. The van der Waals surface area contributed by atoms with Gasteiger partial charge in [0.2, 0.25) is 10.0 Å². The van der Waals surface area contributed by atoms with E-state index in [4.69, 9.17) is 4.98 Å². The number of nitrogens with one attached hydrogen (secondary N) is 1. The van der Waals surface area contributed by atoms with Crippen molar-refractivity contribution in [3.8, 4) is 0 Å². The van der Waals surface area contributed by atoms with Crippen LogP contribution < -0.4 is 10.2 Å². The Morgan fingerprint density at radius 1 is 1.04 bits per heavy atom. The van der Waals surface area contributed by atoms with Crippen LogP contribution in [0, 0.1) is 0 Å². The summed E-state index contributed by atoms with van der Waals surface area (Å²) in [6.07, 6.45) is 4.47. The molecule has 3 heterocycles. The molecule has 1 aromatic carbocycles. The van der Waals surface area contributed by atoms with Crippen LogP contribution in [0.5, 0.6) is 0 Å². The van der Waals surface area contributed by atoms with E-state index in [1.165, 1.54) is 24.8 Å². The van der Waals surface area contributed by atoms with Crippen LogP contribution in [0.4, 0.5) is 5.82 Å².